The van der Waals surface area contributed by atoms with Crippen molar-refractivity contribution >= 4 is 17.8 Å². The SMILES string of the molecule is CC(C)(C)c1ccc(C(=O)OC(CN2CCOCC2)CN2C[C@]3(CC[C@@]4(C)[C@@H](CC[C@@H]5[C@@H]4CC[C@]4(C)C(=O)CC[C@@H]54)C3)OC2=O)cc1. The second kappa shape index (κ2) is 12.2. The molecule has 2 heterocycles. The molecule has 1 amide bonds. The quantitative estimate of drug-likeness (QED) is 0.320. The minimum absolute atomic E-state index is 0.00250. The van der Waals surface area contributed by atoms with Gasteiger partial charge in [-0.2, -0.15) is 0 Å². The van der Waals surface area contributed by atoms with Crippen molar-refractivity contribution in [3.8, 4) is 0 Å². The van der Waals surface area contributed by atoms with Crippen molar-refractivity contribution in [3.05, 3.63) is 35.4 Å². The summed E-state index contributed by atoms with van der Waals surface area (Å²) in [6, 6.07) is 7.69. The lowest BCUT2D eigenvalue weighted by molar-refractivity contribution is -0.149. The first-order valence-electron chi connectivity index (χ1n) is 18.4. The van der Waals surface area contributed by atoms with Crippen LogP contribution in [0.3, 0.4) is 0 Å². The van der Waals surface area contributed by atoms with Crippen LogP contribution in [0.25, 0.3) is 0 Å². The highest BCUT2D eigenvalue weighted by atomic mass is 16.6. The van der Waals surface area contributed by atoms with E-state index in [0.29, 0.717) is 67.9 Å². The van der Waals surface area contributed by atoms with Crippen molar-refractivity contribution in [1.29, 1.82) is 0 Å². The number of hydrogen-bond donors (Lipinski definition) is 0. The van der Waals surface area contributed by atoms with Crippen molar-refractivity contribution in [3.63, 3.8) is 0 Å². The maximum atomic E-state index is 13.5. The third kappa shape index (κ3) is 6.04. The van der Waals surface area contributed by atoms with Gasteiger partial charge in [-0.05, 0) is 104 Å². The van der Waals surface area contributed by atoms with E-state index in [1.165, 1.54) is 6.42 Å². The molecule has 4 saturated carbocycles. The second-order valence-corrected chi connectivity index (χ2v) is 17.5. The van der Waals surface area contributed by atoms with Gasteiger partial charge in [0.25, 0.3) is 0 Å². The Morgan fingerprint density at radius 3 is 2.43 bits per heavy atom. The molecule has 0 bridgehead atoms. The van der Waals surface area contributed by atoms with E-state index in [0.717, 1.165) is 70.0 Å². The third-order valence-electron chi connectivity index (χ3n) is 13.8. The van der Waals surface area contributed by atoms with Gasteiger partial charge < -0.3 is 19.1 Å². The average Bonchev–Trinajstić information content (AvgIpc) is 3.51. The minimum Gasteiger partial charge on any atom is -0.456 e. The predicted octanol–water partition coefficient (Wildman–Crippen LogP) is 6.64. The van der Waals surface area contributed by atoms with Gasteiger partial charge in [-0.1, -0.05) is 46.8 Å². The molecule has 0 aromatic heterocycles. The number of morpholine rings is 1. The molecule has 47 heavy (non-hydrogen) atoms. The molecule has 4 aliphatic carbocycles. The largest absolute Gasteiger partial charge is 0.456 e. The Labute approximate surface area is 281 Å². The third-order valence-corrected chi connectivity index (χ3v) is 13.8. The topological polar surface area (TPSA) is 85.4 Å². The molecule has 8 heteroatoms. The van der Waals surface area contributed by atoms with Gasteiger partial charge in [-0.25, -0.2) is 9.59 Å². The lowest BCUT2D eigenvalue weighted by Gasteiger charge is -2.61. The van der Waals surface area contributed by atoms with Crippen LogP contribution in [-0.2, 0) is 24.4 Å². The number of rotatable bonds is 6. The molecular weight excluding hydrogens is 592 g/mol. The summed E-state index contributed by atoms with van der Waals surface area (Å²) in [4.78, 5) is 43.9. The number of benzene rings is 1. The summed E-state index contributed by atoms with van der Waals surface area (Å²) in [6.07, 6.45) is 8.48. The summed E-state index contributed by atoms with van der Waals surface area (Å²) in [5.74, 6) is 2.52. The second-order valence-electron chi connectivity index (χ2n) is 17.5. The van der Waals surface area contributed by atoms with Crippen LogP contribution in [0.15, 0.2) is 24.3 Å². The van der Waals surface area contributed by atoms with Crippen LogP contribution in [0.4, 0.5) is 4.79 Å². The summed E-state index contributed by atoms with van der Waals surface area (Å²) >= 11 is 0. The molecule has 2 saturated heterocycles. The molecule has 1 spiro atoms. The zero-order valence-corrected chi connectivity index (χ0v) is 29.4. The molecule has 6 aliphatic rings. The number of nitrogens with zero attached hydrogens (tertiary/aromatic N) is 2. The fourth-order valence-corrected chi connectivity index (χ4v) is 10.9. The van der Waals surface area contributed by atoms with Crippen LogP contribution in [0.2, 0.25) is 0 Å². The van der Waals surface area contributed by atoms with Gasteiger partial charge in [0.15, 0.2) is 0 Å². The zero-order chi connectivity index (χ0) is 33.2. The first-order chi connectivity index (χ1) is 22.3. The van der Waals surface area contributed by atoms with Crippen LogP contribution in [0.1, 0.15) is 108 Å². The number of esters is 1. The van der Waals surface area contributed by atoms with Crippen LogP contribution in [0, 0.1) is 34.5 Å². The molecule has 258 valence electrons. The van der Waals surface area contributed by atoms with E-state index < -0.39 is 11.7 Å². The first-order valence-corrected chi connectivity index (χ1v) is 18.4. The maximum Gasteiger partial charge on any atom is 0.410 e. The predicted molar refractivity (Wildman–Crippen MR) is 179 cm³/mol. The van der Waals surface area contributed by atoms with Gasteiger partial charge in [0, 0.05) is 31.5 Å². The van der Waals surface area contributed by atoms with E-state index in [-0.39, 0.29) is 28.3 Å². The van der Waals surface area contributed by atoms with E-state index in [1.54, 1.807) is 0 Å². The Hall–Kier alpha value is -2.45. The molecule has 7 rings (SSSR count). The average molecular weight is 649 g/mol. The van der Waals surface area contributed by atoms with E-state index >= 15 is 0 Å². The Balaban J connectivity index is 1.03. The molecule has 0 N–H and O–H groups in total. The maximum absolute atomic E-state index is 13.5. The van der Waals surface area contributed by atoms with Crippen molar-refractivity contribution in [2.45, 2.75) is 110 Å². The lowest BCUT2D eigenvalue weighted by atomic mass is 9.44. The molecule has 6 fully saturated rings. The number of carbonyl (C=O) groups is 3. The number of Topliss-reactive ketones (excluding diaryl/α,β-unsaturated/α-hetero) is 1. The Kier molecular flexibility index (Phi) is 8.55. The normalized spacial score (nSPS) is 38.0. The van der Waals surface area contributed by atoms with Crippen LogP contribution < -0.4 is 0 Å². The molecule has 1 aromatic carbocycles. The monoisotopic (exact) mass is 648 g/mol. The molecule has 1 aromatic rings. The molecule has 0 radical (unpaired) electrons. The summed E-state index contributed by atoms with van der Waals surface area (Å²) in [7, 11) is 0. The zero-order valence-electron chi connectivity index (χ0n) is 29.4. The van der Waals surface area contributed by atoms with E-state index in [4.69, 9.17) is 14.2 Å². The van der Waals surface area contributed by atoms with Gasteiger partial charge in [0.1, 0.15) is 17.5 Å². The highest BCUT2D eigenvalue weighted by Gasteiger charge is 2.63. The first kappa shape index (κ1) is 33.1. The summed E-state index contributed by atoms with van der Waals surface area (Å²) in [6.45, 7) is 15.5. The van der Waals surface area contributed by atoms with Crippen LogP contribution in [0.5, 0.6) is 0 Å². The molecule has 8 atom stereocenters. The Bertz CT molecular complexity index is 1370. The summed E-state index contributed by atoms with van der Waals surface area (Å²) in [5.41, 5.74) is 1.35. The highest BCUT2D eigenvalue weighted by molar-refractivity contribution is 5.89. The van der Waals surface area contributed by atoms with Crippen LogP contribution >= 0.6 is 0 Å². The van der Waals surface area contributed by atoms with Gasteiger partial charge >= 0.3 is 12.1 Å². The van der Waals surface area contributed by atoms with E-state index in [2.05, 4.69) is 39.5 Å². The Morgan fingerprint density at radius 1 is 0.957 bits per heavy atom. The van der Waals surface area contributed by atoms with E-state index in [9.17, 15) is 14.4 Å². The van der Waals surface area contributed by atoms with Gasteiger partial charge in [-0.3, -0.25) is 9.69 Å². The summed E-state index contributed by atoms with van der Waals surface area (Å²) < 4.78 is 18.1. The van der Waals surface area contributed by atoms with Gasteiger partial charge in [-0.15, -0.1) is 0 Å². The number of ether oxygens (including phenoxy) is 3. The van der Waals surface area contributed by atoms with Crippen LogP contribution in [-0.4, -0.2) is 85.3 Å². The van der Waals surface area contributed by atoms with Gasteiger partial charge in [0.2, 0.25) is 0 Å². The number of fused-ring (bicyclic) bond motifs is 5. The molecule has 1 unspecified atom stereocenters. The fraction of sp³-hybridized carbons (Fsp3) is 0.769. The standard InChI is InChI=1S/C39H56N2O6/c1-36(2,3)27-8-6-26(7-9-27)34(43)46-29(23-40-18-20-45-21-19-40)24-41-25-39(47-35(41)44)17-16-37(4)28(22-39)10-11-30-31-12-13-33(42)38(31,5)15-14-32(30)37/h6-9,28-32H,10-25H2,1-5H3/t28-,29?,30-,31-,32-,37-,38-,39+/m0/s1. The highest BCUT2D eigenvalue weighted by Crippen LogP contribution is 2.66. The minimum atomic E-state index is -0.475. The van der Waals surface area contributed by atoms with Crippen molar-refractivity contribution < 1.29 is 28.6 Å². The summed E-state index contributed by atoms with van der Waals surface area (Å²) in [5, 5.41) is 0. The molecule has 2 aliphatic heterocycles. The van der Waals surface area contributed by atoms with Crippen molar-refractivity contribution in [2.75, 3.05) is 45.9 Å². The van der Waals surface area contributed by atoms with E-state index in [1.807, 2.05) is 29.2 Å². The van der Waals surface area contributed by atoms with Crippen molar-refractivity contribution in [1.82, 2.24) is 9.80 Å². The number of amides is 1. The molecule has 8 nitrogen and oxygen atoms in total. The number of carbonyl (C=O) groups excluding carboxylic acids is 3. The lowest BCUT2D eigenvalue weighted by Crippen LogP contribution is -2.56. The van der Waals surface area contributed by atoms with Crippen molar-refractivity contribution in [2.24, 2.45) is 34.5 Å². The fourth-order valence-electron chi connectivity index (χ4n) is 10.9. The smallest absolute Gasteiger partial charge is 0.410 e. The Morgan fingerprint density at radius 2 is 1.70 bits per heavy atom. The van der Waals surface area contributed by atoms with Gasteiger partial charge in [0.05, 0.1) is 31.9 Å². The number of hydrogen-bond acceptors (Lipinski definition) is 7. The number of ketones is 1. The molecular formula is C39H56N2O6.